The SMILES string of the molecule is C=CC(C=CCCCCCCCC)CCCCCCCC(=S)S. The van der Waals surface area contributed by atoms with E-state index in [1.54, 1.807) is 0 Å². The fourth-order valence-electron chi connectivity index (χ4n) is 2.79. The predicted octanol–water partition coefficient (Wildman–Crippen LogP) is 8.08. The van der Waals surface area contributed by atoms with Gasteiger partial charge in [-0.25, -0.2) is 0 Å². The first-order chi connectivity index (χ1) is 11.2. The number of thiol groups is 1. The Morgan fingerprint density at radius 2 is 1.57 bits per heavy atom. The van der Waals surface area contributed by atoms with Gasteiger partial charge in [0.2, 0.25) is 0 Å². The largest absolute Gasteiger partial charge is 0.136 e. The van der Waals surface area contributed by atoms with E-state index in [0.717, 1.165) is 10.6 Å². The fourth-order valence-corrected chi connectivity index (χ4v) is 3.10. The van der Waals surface area contributed by atoms with E-state index in [2.05, 4.69) is 44.4 Å². The van der Waals surface area contributed by atoms with E-state index in [0.29, 0.717) is 5.92 Å². The summed E-state index contributed by atoms with van der Waals surface area (Å²) in [6.45, 7) is 6.26. The van der Waals surface area contributed by atoms with Crippen LogP contribution < -0.4 is 0 Å². The first-order valence-electron chi connectivity index (χ1n) is 9.71. The van der Waals surface area contributed by atoms with E-state index >= 15 is 0 Å². The van der Waals surface area contributed by atoms with Crippen LogP contribution in [0.1, 0.15) is 96.8 Å². The summed E-state index contributed by atoms with van der Waals surface area (Å²) in [5.74, 6) is 0.570. The van der Waals surface area contributed by atoms with Gasteiger partial charge in [-0.3, -0.25) is 0 Å². The number of thiocarbonyl (C=S) groups is 1. The molecule has 134 valence electrons. The first kappa shape index (κ1) is 22.9. The molecule has 0 N–H and O–H groups in total. The molecule has 0 saturated carbocycles. The van der Waals surface area contributed by atoms with Gasteiger partial charge < -0.3 is 0 Å². The monoisotopic (exact) mass is 354 g/mol. The summed E-state index contributed by atoms with van der Waals surface area (Å²) in [7, 11) is 0. The summed E-state index contributed by atoms with van der Waals surface area (Å²) in [4.78, 5) is 0. The third kappa shape index (κ3) is 18.1. The molecule has 1 unspecified atom stereocenters. The van der Waals surface area contributed by atoms with E-state index in [9.17, 15) is 0 Å². The highest BCUT2D eigenvalue weighted by Crippen LogP contribution is 2.16. The molecule has 1 atom stereocenters. The lowest BCUT2D eigenvalue weighted by Crippen LogP contribution is -1.92. The number of unbranched alkanes of at least 4 members (excludes halogenated alkanes) is 10. The van der Waals surface area contributed by atoms with E-state index in [1.165, 1.54) is 83.5 Å². The van der Waals surface area contributed by atoms with Crippen LogP contribution in [0.3, 0.4) is 0 Å². The fraction of sp³-hybridized carbons (Fsp3) is 0.762. The van der Waals surface area contributed by atoms with Crippen LogP contribution >= 0.6 is 24.8 Å². The van der Waals surface area contributed by atoms with Crippen LogP contribution in [0.5, 0.6) is 0 Å². The van der Waals surface area contributed by atoms with Crippen LogP contribution in [0, 0.1) is 5.92 Å². The van der Waals surface area contributed by atoms with Crippen molar-refractivity contribution in [3.8, 4) is 0 Å². The molecule has 0 aromatic heterocycles. The Bertz CT molecular complexity index is 307. The molecule has 0 bridgehead atoms. The summed E-state index contributed by atoms with van der Waals surface area (Å²) in [6, 6.07) is 0. The lowest BCUT2D eigenvalue weighted by molar-refractivity contribution is 0.570. The van der Waals surface area contributed by atoms with Gasteiger partial charge in [0.1, 0.15) is 0 Å². The van der Waals surface area contributed by atoms with Gasteiger partial charge in [0, 0.05) is 4.20 Å². The second-order valence-electron chi connectivity index (χ2n) is 6.58. The minimum Gasteiger partial charge on any atom is -0.136 e. The molecule has 0 aliphatic rings. The average molecular weight is 355 g/mol. The van der Waals surface area contributed by atoms with E-state index in [-0.39, 0.29) is 0 Å². The van der Waals surface area contributed by atoms with Crippen molar-refractivity contribution in [2.24, 2.45) is 5.92 Å². The van der Waals surface area contributed by atoms with Crippen molar-refractivity contribution in [2.75, 3.05) is 0 Å². The summed E-state index contributed by atoms with van der Waals surface area (Å²) in [5, 5.41) is 0. The van der Waals surface area contributed by atoms with Crippen molar-refractivity contribution in [1.29, 1.82) is 0 Å². The minimum absolute atomic E-state index is 0.570. The summed E-state index contributed by atoms with van der Waals surface area (Å²) < 4.78 is 0.854. The maximum atomic E-state index is 4.98. The average Bonchev–Trinajstić information content (AvgIpc) is 2.54. The molecule has 0 radical (unpaired) electrons. The Kier molecular flexibility index (Phi) is 18.2. The molecule has 0 rings (SSSR count). The molecule has 0 aliphatic heterocycles. The zero-order valence-corrected chi connectivity index (χ0v) is 17.0. The van der Waals surface area contributed by atoms with Gasteiger partial charge in [0.25, 0.3) is 0 Å². The van der Waals surface area contributed by atoms with Crippen LogP contribution in [-0.4, -0.2) is 4.20 Å². The Hall–Kier alpha value is -0.0800. The smallest absolute Gasteiger partial charge is 0.0448 e. The zero-order chi connectivity index (χ0) is 17.2. The number of hydrogen-bond acceptors (Lipinski definition) is 1. The second kappa shape index (κ2) is 18.3. The molecule has 0 aliphatic carbocycles. The topological polar surface area (TPSA) is 0 Å². The molecular weight excluding hydrogens is 316 g/mol. The molecule has 2 heteroatoms. The summed E-state index contributed by atoms with van der Waals surface area (Å²) in [5.41, 5.74) is 0. The second-order valence-corrected chi connectivity index (χ2v) is 7.92. The Morgan fingerprint density at radius 3 is 2.22 bits per heavy atom. The van der Waals surface area contributed by atoms with Gasteiger partial charge in [0.05, 0.1) is 0 Å². The predicted molar refractivity (Wildman–Crippen MR) is 115 cm³/mol. The normalized spacial score (nSPS) is 12.6. The van der Waals surface area contributed by atoms with Crippen molar-refractivity contribution in [2.45, 2.75) is 96.8 Å². The van der Waals surface area contributed by atoms with Crippen molar-refractivity contribution in [3.63, 3.8) is 0 Å². The molecule has 0 aromatic carbocycles. The quantitative estimate of drug-likeness (QED) is 0.119. The van der Waals surface area contributed by atoms with Crippen molar-refractivity contribution in [1.82, 2.24) is 0 Å². The summed E-state index contributed by atoms with van der Waals surface area (Å²) >= 11 is 9.14. The van der Waals surface area contributed by atoms with Gasteiger partial charge in [-0.2, -0.15) is 0 Å². The molecule has 0 saturated heterocycles. The Balaban J connectivity index is 3.49. The van der Waals surface area contributed by atoms with E-state index < -0.39 is 0 Å². The maximum absolute atomic E-state index is 4.98. The highest BCUT2D eigenvalue weighted by molar-refractivity contribution is 8.11. The van der Waals surface area contributed by atoms with Gasteiger partial charge in [0.15, 0.2) is 0 Å². The van der Waals surface area contributed by atoms with E-state index in [4.69, 9.17) is 12.2 Å². The van der Waals surface area contributed by atoms with Crippen LogP contribution in [0.25, 0.3) is 0 Å². The molecule has 0 amide bonds. The number of rotatable bonds is 17. The minimum atomic E-state index is 0.570. The number of hydrogen-bond donors (Lipinski definition) is 1. The van der Waals surface area contributed by atoms with Gasteiger partial charge in [-0.05, 0) is 38.0 Å². The highest BCUT2D eigenvalue weighted by atomic mass is 32.1. The third-order valence-electron chi connectivity index (χ3n) is 4.34. The van der Waals surface area contributed by atoms with Crippen LogP contribution in [0.15, 0.2) is 24.8 Å². The Labute approximate surface area is 156 Å². The maximum Gasteiger partial charge on any atom is 0.0448 e. The lowest BCUT2D eigenvalue weighted by atomic mass is 9.99. The zero-order valence-electron chi connectivity index (χ0n) is 15.3. The van der Waals surface area contributed by atoms with Gasteiger partial charge in [-0.15, -0.1) is 19.2 Å². The van der Waals surface area contributed by atoms with Gasteiger partial charge in [-0.1, -0.05) is 95.2 Å². The first-order valence-corrected chi connectivity index (χ1v) is 10.6. The van der Waals surface area contributed by atoms with Crippen LogP contribution in [0.4, 0.5) is 0 Å². The molecule has 0 spiro atoms. The number of allylic oxidation sites excluding steroid dienone is 3. The Morgan fingerprint density at radius 1 is 0.957 bits per heavy atom. The lowest BCUT2D eigenvalue weighted by Gasteiger charge is -2.07. The van der Waals surface area contributed by atoms with Crippen LogP contribution in [-0.2, 0) is 0 Å². The van der Waals surface area contributed by atoms with Gasteiger partial charge >= 0.3 is 0 Å². The van der Waals surface area contributed by atoms with Crippen LogP contribution in [0.2, 0.25) is 0 Å². The van der Waals surface area contributed by atoms with Crippen molar-refractivity contribution < 1.29 is 0 Å². The van der Waals surface area contributed by atoms with E-state index in [1.807, 2.05) is 0 Å². The molecule has 23 heavy (non-hydrogen) atoms. The molecule has 0 fully saturated rings. The molecule has 0 heterocycles. The standard InChI is InChI=1S/C21H38S2/c1-3-5-6-7-8-9-11-14-17-20(4-2)18-15-12-10-13-16-19-21(22)23/h4,14,17,20H,2-3,5-13,15-16,18-19H2,1H3,(H,22,23). The molecule has 0 aromatic rings. The van der Waals surface area contributed by atoms with Crippen molar-refractivity contribution in [3.05, 3.63) is 24.8 Å². The summed E-state index contributed by atoms with van der Waals surface area (Å²) in [6.07, 6.45) is 25.1. The highest BCUT2D eigenvalue weighted by Gasteiger charge is 1.99. The molecule has 0 nitrogen and oxygen atoms in total. The molecular formula is C21H38S2. The third-order valence-corrected chi connectivity index (χ3v) is 4.77. The van der Waals surface area contributed by atoms with Crippen molar-refractivity contribution >= 4 is 29.0 Å².